The van der Waals surface area contributed by atoms with Gasteiger partial charge >= 0.3 is 0 Å². The van der Waals surface area contributed by atoms with E-state index in [4.69, 9.17) is 5.73 Å². The van der Waals surface area contributed by atoms with E-state index in [0.29, 0.717) is 21.8 Å². The summed E-state index contributed by atoms with van der Waals surface area (Å²) in [4.78, 5) is 7.79. The van der Waals surface area contributed by atoms with Crippen LogP contribution in [-0.4, -0.2) is 9.97 Å². The van der Waals surface area contributed by atoms with E-state index in [-0.39, 0.29) is 5.82 Å². The zero-order chi connectivity index (χ0) is 12.4. The van der Waals surface area contributed by atoms with Crippen molar-refractivity contribution in [3.05, 3.63) is 40.4 Å². The van der Waals surface area contributed by atoms with Gasteiger partial charge in [-0.3, -0.25) is 0 Å². The Morgan fingerprint density at radius 3 is 2.82 bits per heavy atom. The lowest BCUT2D eigenvalue weighted by Gasteiger charge is -2.09. The fraction of sp³-hybridized carbons (Fsp3) is 0.0909. The van der Waals surface area contributed by atoms with Gasteiger partial charge in [-0.15, -0.1) is 0 Å². The van der Waals surface area contributed by atoms with Gasteiger partial charge in [-0.2, -0.15) is 0 Å². The Morgan fingerprint density at radius 2 is 2.12 bits per heavy atom. The van der Waals surface area contributed by atoms with E-state index in [0.717, 1.165) is 5.56 Å². The summed E-state index contributed by atoms with van der Waals surface area (Å²) in [5.74, 6) is 0.393. The summed E-state index contributed by atoms with van der Waals surface area (Å²) in [5.41, 5.74) is 6.80. The van der Waals surface area contributed by atoms with Gasteiger partial charge in [-0.25, -0.2) is 14.4 Å². The molecule has 0 amide bonds. The Balaban J connectivity index is 2.35. The first-order valence-corrected chi connectivity index (χ1v) is 5.66. The maximum Gasteiger partial charge on any atom is 0.150 e. The second-order valence-corrected chi connectivity index (χ2v) is 4.32. The van der Waals surface area contributed by atoms with Crippen molar-refractivity contribution in [2.45, 2.75) is 6.92 Å². The molecule has 6 heteroatoms. The van der Waals surface area contributed by atoms with E-state index in [1.165, 1.54) is 12.4 Å². The van der Waals surface area contributed by atoms with Gasteiger partial charge in [-0.1, -0.05) is 6.07 Å². The lowest BCUT2D eigenvalue weighted by atomic mass is 10.2. The topological polar surface area (TPSA) is 63.8 Å². The van der Waals surface area contributed by atoms with Crippen molar-refractivity contribution in [3.63, 3.8) is 0 Å². The summed E-state index contributed by atoms with van der Waals surface area (Å²) in [6.45, 7) is 1.82. The molecule has 17 heavy (non-hydrogen) atoms. The van der Waals surface area contributed by atoms with E-state index in [1.807, 2.05) is 13.0 Å². The average molecular weight is 297 g/mol. The Bertz CT molecular complexity index is 559. The second-order valence-electron chi connectivity index (χ2n) is 3.53. The highest BCUT2D eigenvalue weighted by atomic mass is 79.9. The molecule has 0 unspecified atom stereocenters. The number of rotatable bonds is 2. The molecule has 1 aromatic carbocycles. The van der Waals surface area contributed by atoms with Crippen molar-refractivity contribution in [1.82, 2.24) is 9.97 Å². The summed E-state index contributed by atoms with van der Waals surface area (Å²) in [7, 11) is 0. The smallest absolute Gasteiger partial charge is 0.150 e. The Kier molecular flexibility index (Phi) is 3.23. The molecule has 4 nitrogen and oxygen atoms in total. The molecule has 0 aliphatic rings. The molecular formula is C11H10BrFN4. The van der Waals surface area contributed by atoms with E-state index in [2.05, 4.69) is 31.2 Å². The zero-order valence-electron chi connectivity index (χ0n) is 9.04. The number of halogens is 2. The van der Waals surface area contributed by atoms with Crippen LogP contribution < -0.4 is 11.1 Å². The van der Waals surface area contributed by atoms with Gasteiger partial charge < -0.3 is 11.1 Å². The number of nitrogens with zero attached hydrogens (tertiary/aromatic N) is 2. The molecule has 0 aliphatic carbocycles. The van der Waals surface area contributed by atoms with Crippen LogP contribution in [-0.2, 0) is 0 Å². The molecule has 3 N–H and O–H groups in total. The molecule has 2 rings (SSSR count). The molecule has 1 aromatic heterocycles. The van der Waals surface area contributed by atoms with Gasteiger partial charge in [-0.05, 0) is 40.5 Å². The highest BCUT2D eigenvalue weighted by Crippen LogP contribution is 2.28. The third-order valence-corrected chi connectivity index (χ3v) is 2.98. The van der Waals surface area contributed by atoms with Crippen LogP contribution in [0, 0.1) is 12.7 Å². The van der Waals surface area contributed by atoms with E-state index in [1.54, 1.807) is 6.07 Å². The first-order valence-electron chi connectivity index (χ1n) is 4.87. The minimum absolute atomic E-state index is 0.301. The molecule has 0 saturated heterocycles. The average Bonchev–Trinajstić information content (AvgIpc) is 2.28. The lowest BCUT2D eigenvalue weighted by molar-refractivity contribution is 0.630. The molecule has 0 aliphatic heterocycles. The van der Waals surface area contributed by atoms with Crippen LogP contribution >= 0.6 is 15.9 Å². The number of benzene rings is 1. The van der Waals surface area contributed by atoms with Gasteiger partial charge in [0.2, 0.25) is 0 Å². The van der Waals surface area contributed by atoms with E-state index >= 15 is 0 Å². The monoisotopic (exact) mass is 296 g/mol. The lowest BCUT2D eigenvalue weighted by Crippen LogP contribution is -2.01. The molecule has 0 radical (unpaired) electrons. The number of aryl methyl sites for hydroxylation is 1. The van der Waals surface area contributed by atoms with Crippen LogP contribution in [0.15, 0.2) is 29.0 Å². The number of anilines is 3. The zero-order valence-corrected chi connectivity index (χ0v) is 10.6. The number of nitrogens with one attached hydrogen (secondary N) is 1. The Labute approximate surface area is 106 Å². The predicted molar refractivity (Wildman–Crippen MR) is 68.6 cm³/mol. The van der Waals surface area contributed by atoms with Crippen molar-refractivity contribution in [1.29, 1.82) is 0 Å². The molecular weight excluding hydrogens is 287 g/mol. The largest absolute Gasteiger partial charge is 0.383 e. The van der Waals surface area contributed by atoms with Crippen molar-refractivity contribution >= 4 is 33.3 Å². The highest BCUT2D eigenvalue weighted by Gasteiger charge is 2.08. The van der Waals surface area contributed by atoms with E-state index < -0.39 is 0 Å². The maximum absolute atomic E-state index is 13.6. The SMILES string of the molecule is Cc1ccc(Nc2ncnc(N)c2Br)c(F)c1. The molecule has 2 aromatic rings. The normalized spacial score (nSPS) is 10.3. The second kappa shape index (κ2) is 4.67. The highest BCUT2D eigenvalue weighted by molar-refractivity contribution is 9.10. The molecule has 0 atom stereocenters. The number of hydrogen-bond acceptors (Lipinski definition) is 4. The molecule has 88 valence electrons. The summed E-state index contributed by atoms with van der Waals surface area (Å²) in [6, 6.07) is 4.90. The van der Waals surface area contributed by atoms with Crippen molar-refractivity contribution < 1.29 is 4.39 Å². The summed E-state index contributed by atoms with van der Waals surface area (Å²) >= 11 is 3.24. The number of aromatic nitrogens is 2. The van der Waals surface area contributed by atoms with Crippen LogP contribution in [0.2, 0.25) is 0 Å². The van der Waals surface area contributed by atoms with Gasteiger partial charge in [0.15, 0.2) is 0 Å². The quantitative estimate of drug-likeness (QED) is 0.894. The van der Waals surface area contributed by atoms with Crippen molar-refractivity contribution in [2.75, 3.05) is 11.1 Å². The first-order chi connectivity index (χ1) is 8.08. The number of nitrogens with two attached hydrogens (primary N) is 1. The third kappa shape index (κ3) is 2.52. The van der Waals surface area contributed by atoms with E-state index in [9.17, 15) is 4.39 Å². The fourth-order valence-electron chi connectivity index (χ4n) is 1.32. The Hall–Kier alpha value is -1.69. The van der Waals surface area contributed by atoms with Crippen molar-refractivity contribution in [3.8, 4) is 0 Å². The molecule has 0 bridgehead atoms. The van der Waals surface area contributed by atoms with Crippen LogP contribution in [0.4, 0.5) is 21.7 Å². The van der Waals surface area contributed by atoms with Crippen LogP contribution in [0.1, 0.15) is 5.56 Å². The number of hydrogen-bond donors (Lipinski definition) is 2. The molecule has 0 saturated carbocycles. The van der Waals surface area contributed by atoms with Gasteiger partial charge in [0.1, 0.15) is 28.3 Å². The predicted octanol–water partition coefficient (Wildman–Crippen LogP) is 3.01. The summed E-state index contributed by atoms with van der Waals surface area (Å²) in [6.07, 6.45) is 1.31. The van der Waals surface area contributed by atoms with Crippen molar-refractivity contribution in [2.24, 2.45) is 0 Å². The van der Waals surface area contributed by atoms with Gasteiger partial charge in [0.05, 0.1) is 5.69 Å². The maximum atomic E-state index is 13.6. The Morgan fingerprint density at radius 1 is 1.35 bits per heavy atom. The molecule has 1 heterocycles. The minimum Gasteiger partial charge on any atom is -0.383 e. The van der Waals surface area contributed by atoms with Gasteiger partial charge in [0.25, 0.3) is 0 Å². The summed E-state index contributed by atoms with van der Waals surface area (Å²) < 4.78 is 14.1. The fourth-order valence-corrected chi connectivity index (χ4v) is 1.62. The van der Waals surface area contributed by atoms with Crippen LogP contribution in [0.3, 0.4) is 0 Å². The number of nitrogen functional groups attached to an aromatic ring is 1. The standard InChI is InChI=1S/C11H10BrFN4/c1-6-2-3-8(7(13)4-6)17-11-9(12)10(14)15-5-16-11/h2-5H,1H3,(H3,14,15,16,17). The third-order valence-electron chi connectivity index (χ3n) is 2.19. The van der Waals surface area contributed by atoms with Gasteiger partial charge in [0, 0.05) is 0 Å². The van der Waals surface area contributed by atoms with Crippen LogP contribution in [0.25, 0.3) is 0 Å². The minimum atomic E-state index is -0.339. The molecule has 0 spiro atoms. The first kappa shape index (κ1) is 11.8. The van der Waals surface area contributed by atoms with Crippen LogP contribution in [0.5, 0.6) is 0 Å². The molecule has 0 fully saturated rings. The summed E-state index contributed by atoms with van der Waals surface area (Å²) in [5, 5.41) is 2.86.